The van der Waals surface area contributed by atoms with Gasteiger partial charge in [-0.3, -0.25) is 9.59 Å². The number of rotatable bonds is 4. The van der Waals surface area contributed by atoms with E-state index >= 15 is 0 Å². The summed E-state index contributed by atoms with van der Waals surface area (Å²) in [5.41, 5.74) is 1.59. The molecule has 1 saturated heterocycles. The summed E-state index contributed by atoms with van der Waals surface area (Å²) >= 11 is 5.88. The van der Waals surface area contributed by atoms with Gasteiger partial charge in [-0.2, -0.15) is 0 Å². The quantitative estimate of drug-likeness (QED) is 0.855. The van der Waals surface area contributed by atoms with Crippen LogP contribution in [-0.4, -0.2) is 36.6 Å². The molecule has 0 spiro atoms. The van der Waals surface area contributed by atoms with E-state index in [2.05, 4.69) is 5.32 Å². The number of piperidine rings is 1. The maximum atomic E-state index is 12.6. The number of nitrogens with one attached hydrogen (secondary N) is 1. The van der Waals surface area contributed by atoms with Crippen LogP contribution in [0.3, 0.4) is 0 Å². The number of carbonyl (C=O) groups is 2. The van der Waals surface area contributed by atoms with Crippen molar-refractivity contribution in [2.75, 3.05) is 19.9 Å². The summed E-state index contributed by atoms with van der Waals surface area (Å²) in [6, 6.07) is 12.5. The molecule has 28 heavy (non-hydrogen) atoms. The normalized spacial score (nSPS) is 16.1. The minimum absolute atomic E-state index is 0.0177. The minimum Gasteiger partial charge on any atom is -0.454 e. The van der Waals surface area contributed by atoms with E-state index in [1.165, 1.54) is 0 Å². The molecule has 1 N–H and O–H groups in total. The first-order chi connectivity index (χ1) is 13.6. The molecule has 146 valence electrons. The van der Waals surface area contributed by atoms with Gasteiger partial charge in [-0.1, -0.05) is 17.7 Å². The number of amides is 2. The zero-order chi connectivity index (χ0) is 19.5. The number of ether oxygens (including phenoxy) is 2. The molecule has 0 aromatic heterocycles. The number of halogens is 1. The highest BCUT2D eigenvalue weighted by atomic mass is 35.5. The summed E-state index contributed by atoms with van der Waals surface area (Å²) < 4.78 is 10.7. The summed E-state index contributed by atoms with van der Waals surface area (Å²) in [4.78, 5) is 26.9. The highest BCUT2D eigenvalue weighted by molar-refractivity contribution is 6.30. The first-order valence-electron chi connectivity index (χ1n) is 9.31. The molecular weight excluding hydrogens is 380 g/mol. The second-order valence-corrected chi connectivity index (χ2v) is 7.42. The third-order valence-electron chi connectivity index (χ3n) is 5.15. The molecule has 2 aliphatic heterocycles. The van der Waals surface area contributed by atoms with Crippen LogP contribution in [0.25, 0.3) is 0 Å². The van der Waals surface area contributed by atoms with E-state index in [0.717, 1.165) is 11.3 Å². The fourth-order valence-corrected chi connectivity index (χ4v) is 3.63. The molecule has 2 aromatic rings. The Kier molecular flexibility index (Phi) is 5.39. The van der Waals surface area contributed by atoms with E-state index in [1.807, 2.05) is 18.2 Å². The predicted octanol–water partition coefficient (Wildman–Crippen LogP) is 3.24. The Morgan fingerprint density at radius 1 is 1.04 bits per heavy atom. The van der Waals surface area contributed by atoms with Crippen molar-refractivity contribution < 1.29 is 19.1 Å². The second-order valence-electron chi connectivity index (χ2n) is 6.98. The molecule has 2 heterocycles. The first kappa shape index (κ1) is 18.6. The monoisotopic (exact) mass is 400 g/mol. The van der Waals surface area contributed by atoms with Crippen molar-refractivity contribution in [1.82, 2.24) is 10.2 Å². The molecule has 0 saturated carbocycles. The molecule has 0 aliphatic carbocycles. The van der Waals surface area contributed by atoms with Gasteiger partial charge in [0.2, 0.25) is 12.7 Å². The SMILES string of the molecule is O=C(NCc1ccc2c(c1)OCO2)C1CCN(C(=O)c2ccc(Cl)cc2)CC1. The molecule has 2 aliphatic rings. The van der Waals surface area contributed by atoms with Crippen molar-refractivity contribution in [2.45, 2.75) is 19.4 Å². The van der Waals surface area contributed by atoms with E-state index < -0.39 is 0 Å². The zero-order valence-electron chi connectivity index (χ0n) is 15.3. The molecule has 2 aromatic carbocycles. The lowest BCUT2D eigenvalue weighted by molar-refractivity contribution is -0.126. The minimum atomic E-state index is -0.0803. The van der Waals surface area contributed by atoms with Gasteiger partial charge in [0, 0.05) is 36.1 Å². The predicted molar refractivity (Wildman–Crippen MR) is 104 cm³/mol. The topological polar surface area (TPSA) is 67.9 Å². The van der Waals surface area contributed by atoms with Crippen LogP contribution < -0.4 is 14.8 Å². The molecular formula is C21H21ClN2O4. The summed E-state index contributed by atoms with van der Waals surface area (Å²) in [6.45, 7) is 1.82. The molecule has 6 nitrogen and oxygen atoms in total. The van der Waals surface area contributed by atoms with Crippen LogP contribution in [0.4, 0.5) is 0 Å². The maximum Gasteiger partial charge on any atom is 0.253 e. The van der Waals surface area contributed by atoms with Crippen molar-refractivity contribution in [3.05, 3.63) is 58.6 Å². The highest BCUT2D eigenvalue weighted by Crippen LogP contribution is 2.32. The van der Waals surface area contributed by atoms with Crippen molar-refractivity contribution >= 4 is 23.4 Å². The fourth-order valence-electron chi connectivity index (χ4n) is 3.50. The zero-order valence-corrected chi connectivity index (χ0v) is 16.1. The van der Waals surface area contributed by atoms with Gasteiger partial charge in [-0.25, -0.2) is 0 Å². The van der Waals surface area contributed by atoms with E-state index in [1.54, 1.807) is 29.2 Å². The van der Waals surface area contributed by atoms with Gasteiger partial charge in [0.15, 0.2) is 11.5 Å². The van der Waals surface area contributed by atoms with Crippen LogP contribution in [-0.2, 0) is 11.3 Å². The van der Waals surface area contributed by atoms with E-state index in [4.69, 9.17) is 21.1 Å². The fraction of sp³-hybridized carbons (Fsp3) is 0.333. The lowest BCUT2D eigenvalue weighted by atomic mass is 9.95. The standard InChI is InChI=1S/C21H21ClN2O4/c22-17-4-2-16(3-5-17)21(26)24-9-7-15(8-10-24)20(25)23-12-14-1-6-18-19(11-14)28-13-27-18/h1-6,11,15H,7-10,12-13H2,(H,23,25). The average molecular weight is 401 g/mol. The van der Waals surface area contributed by atoms with Crippen LogP contribution in [0.2, 0.25) is 5.02 Å². The smallest absolute Gasteiger partial charge is 0.253 e. The molecule has 0 unspecified atom stereocenters. The Bertz CT molecular complexity index is 876. The summed E-state index contributed by atoms with van der Waals surface area (Å²) in [6.07, 6.45) is 1.32. The van der Waals surface area contributed by atoms with Crippen LogP contribution in [0, 0.1) is 5.92 Å². The Morgan fingerprint density at radius 2 is 1.75 bits per heavy atom. The van der Waals surface area contributed by atoms with Crippen LogP contribution >= 0.6 is 11.6 Å². The summed E-state index contributed by atoms with van der Waals surface area (Å²) in [5, 5.41) is 3.59. The Labute approximate surface area is 168 Å². The van der Waals surface area contributed by atoms with Gasteiger partial charge in [0.25, 0.3) is 5.91 Å². The molecule has 0 radical (unpaired) electrons. The third kappa shape index (κ3) is 4.07. The largest absolute Gasteiger partial charge is 0.454 e. The van der Waals surface area contributed by atoms with Crippen LogP contribution in [0.5, 0.6) is 11.5 Å². The maximum absolute atomic E-state index is 12.6. The number of benzene rings is 2. The van der Waals surface area contributed by atoms with E-state index in [-0.39, 0.29) is 24.5 Å². The molecule has 2 amide bonds. The number of carbonyl (C=O) groups excluding carboxylic acids is 2. The lowest BCUT2D eigenvalue weighted by Crippen LogP contribution is -2.42. The van der Waals surface area contributed by atoms with Gasteiger partial charge in [-0.15, -0.1) is 0 Å². The van der Waals surface area contributed by atoms with Crippen molar-refractivity contribution in [1.29, 1.82) is 0 Å². The molecule has 0 bridgehead atoms. The van der Waals surface area contributed by atoms with Gasteiger partial charge >= 0.3 is 0 Å². The number of hydrogen-bond donors (Lipinski definition) is 1. The summed E-state index contributed by atoms with van der Waals surface area (Å²) in [5.74, 6) is 1.36. The number of likely N-dealkylation sites (tertiary alicyclic amines) is 1. The van der Waals surface area contributed by atoms with E-state index in [9.17, 15) is 9.59 Å². The third-order valence-corrected chi connectivity index (χ3v) is 5.40. The van der Waals surface area contributed by atoms with Crippen molar-refractivity contribution in [3.63, 3.8) is 0 Å². The van der Waals surface area contributed by atoms with Gasteiger partial charge in [0.1, 0.15) is 0 Å². The Balaban J connectivity index is 1.27. The Morgan fingerprint density at radius 3 is 2.50 bits per heavy atom. The van der Waals surface area contributed by atoms with Gasteiger partial charge in [0.05, 0.1) is 0 Å². The Hall–Kier alpha value is -2.73. The first-order valence-corrected chi connectivity index (χ1v) is 9.69. The summed E-state index contributed by atoms with van der Waals surface area (Å²) in [7, 11) is 0. The number of hydrogen-bond acceptors (Lipinski definition) is 4. The van der Waals surface area contributed by atoms with E-state index in [0.29, 0.717) is 48.8 Å². The molecule has 0 atom stereocenters. The van der Waals surface area contributed by atoms with Crippen molar-refractivity contribution in [2.24, 2.45) is 5.92 Å². The molecule has 7 heteroatoms. The second kappa shape index (κ2) is 8.10. The number of fused-ring (bicyclic) bond motifs is 1. The van der Waals surface area contributed by atoms with Crippen molar-refractivity contribution in [3.8, 4) is 11.5 Å². The van der Waals surface area contributed by atoms with Crippen LogP contribution in [0.15, 0.2) is 42.5 Å². The van der Waals surface area contributed by atoms with Gasteiger partial charge < -0.3 is 19.7 Å². The van der Waals surface area contributed by atoms with Crippen LogP contribution in [0.1, 0.15) is 28.8 Å². The molecule has 4 rings (SSSR count). The number of nitrogens with zero attached hydrogens (tertiary/aromatic N) is 1. The van der Waals surface area contributed by atoms with Gasteiger partial charge in [-0.05, 0) is 54.8 Å². The highest BCUT2D eigenvalue weighted by Gasteiger charge is 2.27. The average Bonchev–Trinajstić information content (AvgIpc) is 3.20. The molecule has 1 fully saturated rings. The lowest BCUT2D eigenvalue weighted by Gasteiger charge is -2.31.